The van der Waals surface area contributed by atoms with Crippen LogP contribution in [-0.4, -0.2) is 32.3 Å². The zero-order chi connectivity index (χ0) is 12.8. The largest absolute Gasteiger partial charge is 0.389 e. The Balaban J connectivity index is 2.89. The van der Waals surface area contributed by atoms with E-state index in [0.29, 0.717) is 10.0 Å². The summed E-state index contributed by atoms with van der Waals surface area (Å²) in [5.41, 5.74) is 7.40. The molecule has 0 saturated heterocycles. The molecule has 1 aromatic carbocycles. The Morgan fingerprint density at radius 2 is 2.24 bits per heavy atom. The standard InChI is InChI=1S/C12H17ClN2OS/c1-15(7-4-8-16-2)10-6-3-5-9(13)11(10)12(14)17/h3,5-6H,4,7-8H2,1-2H3,(H2,14,17). The minimum absolute atomic E-state index is 0.323. The number of nitrogens with two attached hydrogens (primary N) is 1. The predicted octanol–water partition coefficient (Wildman–Crippen LogP) is 2.45. The van der Waals surface area contributed by atoms with Gasteiger partial charge >= 0.3 is 0 Å². The van der Waals surface area contributed by atoms with E-state index in [1.807, 2.05) is 19.2 Å². The van der Waals surface area contributed by atoms with Crippen LogP contribution in [0.25, 0.3) is 0 Å². The summed E-state index contributed by atoms with van der Waals surface area (Å²) in [6.45, 7) is 1.59. The molecule has 0 bridgehead atoms. The van der Waals surface area contributed by atoms with Gasteiger partial charge in [-0.05, 0) is 18.6 Å². The van der Waals surface area contributed by atoms with Gasteiger partial charge in [0.15, 0.2) is 0 Å². The first kappa shape index (κ1) is 14.2. The van der Waals surface area contributed by atoms with E-state index in [-0.39, 0.29) is 0 Å². The van der Waals surface area contributed by atoms with Gasteiger partial charge in [-0.2, -0.15) is 0 Å². The number of nitrogens with zero attached hydrogens (tertiary/aromatic N) is 1. The third-order valence-corrected chi connectivity index (χ3v) is 3.01. The molecule has 94 valence electrons. The highest BCUT2D eigenvalue weighted by Gasteiger charge is 2.12. The van der Waals surface area contributed by atoms with Crippen molar-refractivity contribution >= 4 is 34.5 Å². The van der Waals surface area contributed by atoms with Crippen molar-refractivity contribution in [3.63, 3.8) is 0 Å². The number of anilines is 1. The Morgan fingerprint density at radius 1 is 1.53 bits per heavy atom. The first-order valence-electron chi connectivity index (χ1n) is 5.36. The predicted molar refractivity (Wildman–Crippen MR) is 77.1 cm³/mol. The molecular formula is C12H17ClN2OS. The van der Waals surface area contributed by atoms with Crippen LogP contribution in [0.4, 0.5) is 5.69 Å². The average molecular weight is 273 g/mol. The molecule has 2 N–H and O–H groups in total. The third kappa shape index (κ3) is 3.84. The molecule has 0 amide bonds. The van der Waals surface area contributed by atoms with Crippen molar-refractivity contribution in [3.05, 3.63) is 28.8 Å². The van der Waals surface area contributed by atoms with Crippen molar-refractivity contribution in [2.24, 2.45) is 5.73 Å². The van der Waals surface area contributed by atoms with Crippen molar-refractivity contribution in [2.75, 3.05) is 32.2 Å². The lowest BCUT2D eigenvalue weighted by atomic mass is 10.1. The summed E-state index contributed by atoms with van der Waals surface area (Å²) in [6, 6.07) is 5.65. The number of methoxy groups -OCH3 is 1. The van der Waals surface area contributed by atoms with Crippen LogP contribution in [0.1, 0.15) is 12.0 Å². The van der Waals surface area contributed by atoms with E-state index in [2.05, 4.69) is 4.90 Å². The monoisotopic (exact) mass is 272 g/mol. The number of benzene rings is 1. The number of rotatable bonds is 6. The SMILES string of the molecule is COCCCN(C)c1cccc(Cl)c1C(N)=S. The van der Waals surface area contributed by atoms with Gasteiger partial charge in [0.1, 0.15) is 4.99 Å². The summed E-state index contributed by atoms with van der Waals surface area (Å²) in [5, 5.41) is 0.591. The smallest absolute Gasteiger partial charge is 0.107 e. The zero-order valence-corrected chi connectivity index (χ0v) is 11.6. The molecule has 5 heteroatoms. The molecule has 0 aliphatic rings. The fraction of sp³-hybridized carbons (Fsp3) is 0.417. The van der Waals surface area contributed by atoms with Crippen molar-refractivity contribution in [3.8, 4) is 0 Å². The second kappa shape index (κ2) is 6.79. The molecule has 0 aromatic heterocycles. The number of hydrogen-bond acceptors (Lipinski definition) is 3. The van der Waals surface area contributed by atoms with E-state index < -0.39 is 0 Å². The lowest BCUT2D eigenvalue weighted by molar-refractivity contribution is 0.196. The molecule has 0 saturated carbocycles. The molecule has 0 atom stereocenters. The van der Waals surface area contributed by atoms with Crippen LogP contribution in [0.5, 0.6) is 0 Å². The van der Waals surface area contributed by atoms with Crippen LogP contribution < -0.4 is 10.6 Å². The van der Waals surface area contributed by atoms with Crippen molar-refractivity contribution in [1.29, 1.82) is 0 Å². The highest BCUT2D eigenvalue weighted by Crippen LogP contribution is 2.26. The molecule has 1 aromatic rings. The van der Waals surface area contributed by atoms with Crippen molar-refractivity contribution in [2.45, 2.75) is 6.42 Å². The van der Waals surface area contributed by atoms with Gasteiger partial charge in [0.05, 0.1) is 10.6 Å². The molecule has 0 aliphatic carbocycles. The van der Waals surface area contributed by atoms with Crippen LogP contribution in [0, 0.1) is 0 Å². The molecular weight excluding hydrogens is 256 g/mol. The van der Waals surface area contributed by atoms with Crippen LogP contribution in [0.2, 0.25) is 5.02 Å². The minimum Gasteiger partial charge on any atom is -0.389 e. The fourth-order valence-electron chi connectivity index (χ4n) is 1.64. The van der Waals surface area contributed by atoms with Crippen LogP contribution in [0.15, 0.2) is 18.2 Å². The summed E-state index contributed by atoms with van der Waals surface area (Å²) in [5.74, 6) is 0. The molecule has 0 unspecified atom stereocenters. The number of hydrogen-bond donors (Lipinski definition) is 1. The maximum Gasteiger partial charge on any atom is 0.107 e. The molecule has 0 spiro atoms. The fourth-order valence-corrected chi connectivity index (χ4v) is 2.18. The van der Waals surface area contributed by atoms with Gasteiger partial charge in [0.2, 0.25) is 0 Å². The van der Waals surface area contributed by atoms with Gasteiger partial charge in [-0.25, -0.2) is 0 Å². The second-order valence-corrected chi connectivity index (χ2v) is 4.61. The van der Waals surface area contributed by atoms with E-state index in [4.69, 9.17) is 34.3 Å². The summed E-state index contributed by atoms with van der Waals surface area (Å²) in [4.78, 5) is 2.41. The number of ether oxygens (including phenoxy) is 1. The lowest BCUT2D eigenvalue weighted by Gasteiger charge is -2.22. The Labute approximate surface area is 112 Å². The minimum atomic E-state index is 0.323. The molecule has 1 rings (SSSR count). The van der Waals surface area contributed by atoms with Gasteiger partial charge in [0, 0.05) is 33.0 Å². The number of thiocarbonyl (C=S) groups is 1. The van der Waals surface area contributed by atoms with E-state index in [1.54, 1.807) is 13.2 Å². The molecule has 3 nitrogen and oxygen atoms in total. The second-order valence-electron chi connectivity index (χ2n) is 3.77. The van der Waals surface area contributed by atoms with Gasteiger partial charge in [-0.3, -0.25) is 0 Å². The third-order valence-electron chi connectivity index (χ3n) is 2.49. The zero-order valence-electron chi connectivity index (χ0n) is 10.1. The quantitative estimate of drug-likeness (QED) is 0.638. The average Bonchev–Trinajstić information content (AvgIpc) is 2.28. The molecule has 0 heterocycles. The molecule has 0 aliphatic heterocycles. The van der Waals surface area contributed by atoms with E-state index >= 15 is 0 Å². The topological polar surface area (TPSA) is 38.5 Å². The summed E-state index contributed by atoms with van der Waals surface area (Å²) < 4.78 is 5.03. The first-order valence-corrected chi connectivity index (χ1v) is 6.15. The summed E-state index contributed by atoms with van der Waals surface area (Å²) in [7, 11) is 3.68. The van der Waals surface area contributed by atoms with Gasteiger partial charge in [0.25, 0.3) is 0 Å². The Hall–Kier alpha value is -0.840. The maximum absolute atomic E-state index is 6.11. The van der Waals surface area contributed by atoms with Gasteiger partial charge < -0.3 is 15.4 Å². The first-order chi connectivity index (χ1) is 8.07. The Kier molecular flexibility index (Phi) is 5.68. The van der Waals surface area contributed by atoms with E-state index in [1.165, 1.54) is 0 Å². The Morgan fingerprint density at radius 3 is 2.82 bits per heavy atom. The molecule has 17 heavy (non-hydrogen) atoms. The summed E-state index contributed by atoms with van der Waals surface area (Å²) in [6.07, 6.45) is 0.941. The highest BCUT2D eigenvalue weighted by atomic mass is 35.5. The molecule has 0 fully saturated rings. The van der Waals surface area contributed by atoms with E-state index in [0.717, 1.165) is 30.8 Å². The van der Waals surface area contributed by atoms with Crippen molar-refractivity contribution in [1.82, 2.24) is 0 Å². The maximum atomic E-state index is 6.11. The highest BCUT2D eigenvalue weighted by molar-refractivity contribution is 7.80. The van der Waals surface area contributed by atoms with Gasteiger partial charge in [-0.1, -0.05) is 29.9 Å². The van der Waals surface area contributed by atoms with Crippen LogP contribution in [-0.2, 0) is 4.74 Å². The normalized spacial score (nSPS) is 10.3. The number of halogens is 1. The van der Waals surface area contributed by atoms with Crippen LogP contribution >= 0.6 is 23.8 Å². The van der Waals surface area contributed by atoms with Crippen molar-refractivity contribution < 1.29 is 4.74 Å². The van der Waals surface area contributed by atoms with E-state index in [9.17, 15) is 0 Å². The summed E-state index contributed by atoms with van der Waals surface area (Å²) >= 11 is 11.1. The molecule has 0 radical (unpaired) electrons. The van der Waals surface area contributed by atoms with Gasteiger partial charge in [-0.15, -0.1) is 0 Å². The lowest BCUT2D eigenvalue weighted by Crippen LogP contribution is -2.24. The Bertz CT molecular complexity index is 398. The van der Waals surface area contributed by atoms with Crippen LogP contribution in [0.3, 0.4) is 0 Å².